The van der Waals surface area contributed by atoms with E-state index in [2.05, 4.69) is 5.32 Å². The highest BCUT2D eigenvalue weighted by molar-refractivity contribution is 7.80. The Hall–Kier alpha value is -1.82. The molecule has 25 heavy (non-hydrogen) atoms. The molecule has 0 aliphatic carbocycles. The maximum Gasteiger partial charge on any atom is 0.266 e. The van der Waals surface area contributed by atoms with E-state index < -0.39 is 6.10 Å². The number of hydrogen-bond donors (Lipinski definition) is 1. The summed E-state index contributed by atoms with van der Waals surface area (Å²) in [6, 6.07) is 14.4. The van der Waals surface area contributed by atoms with Crippen LogP contribution in [0.4, 0.5) is 5.69 Å². The maximum absolute atomic E-state index is 12.4. The number of carbonyl (C=O) groups is 1. The fourth-order valence-electron chi connectivity index (χ4n) is 2.14. The Balaban J connectivity index is 2.01. The van der Waals surface area contributed by atoms with Crippen LogP contribution in [0.2, 0.25) is 10.0 Å². The number of rotatable bonds is 5. The Morgan fingerprint density at radius 1 is 1.24 bits per heavy atom. The van der Waals surface area contributed by atoms with Crippen LogP contribution in [0.5, 0.6) is 5.75 Å². The number of hydrogen-bond acceptors (Lipinski definition) is 3. The Morgan fingerprint density at radius 3 is 2.52 bits per heavy atom. The standard InChI is InChI=1S/C18H18Cl2N2O2S/c1-3-22(14-7-5-4-6-8-14)18(25)21-17(23)12(2)24-16-10-9-13(19)11-15(16)20/h4-12H,3H2,1-2H3,(H,21,23,25). The first-order valence-electron chi connectivity index (χ1n) is 7.71. The summed E-state index contributed by atoms with van der Waals surface area (Å²) in [7, 11) is 0. The van der Waals surface area contributed by atoms with Crippen molar-refractivity contribution in [3.63, 3.8) is 0 Å². The first-order chi connectivity index (χ1) is 11.9. The zero-order valence-electron chi connectivity index (χ0n) is 13.8. The van der Waals surface area contributed by atoms with Crippen molar-refractivity contribution >= 4 is 52.1 Å². The third-order valence-electron chi connectivity index (χ3n) is 3.43. The first kappa shape index (κ1) is 19.5. The summed E-state index contributed by atoms with van der Waals surface area (Å²) < 4.78 is 5.60. The highest BCUT2D eigenvalue weighted by atomic mass is 35.5. The molecular weight excluding hydrogens is 379 g/mol. The first-order valence-corrected chi connectivity index (χ1v) is 8.88. The van der Waals surface area contributed by atoms with Crippen molar-refractivity contribution in [3.05, 3.63) is 58.6 Å². The van der Waals surface area contributed by atoms with Gasteiger partial charge in [-0.15, -0.1) is 0 Å². The number of anilines is 1. The van der Waals surface area contributed by atoms with E-state index in [4.69, 9.17) is 40.2 Å². The van der Waals surface area contributed by atoms with Gasteiger partial charge in [-0.3, -0.25) is 10.1 Å². The third kappa shape index (κ3) is 5.33. The van der Waals surface area contributed by atoms with E-state index in [9.17, 15) is 4.79 Å². The summed E-state index contributed by atoms with van der Waals surface area (Å²) in [5, 5.41) is 3.86. The van der Waals surface area contributed by atoms with Gasteiger partial charge >= 0.3 is 0 Å². The molecule has 0 bridgehead atoms. The van der Waals surface area contributed by atoms with Gasteiger partial charge in [0.1, 0.15) is 5.75 Å². The Bertz CT molecular complexity index is 756. The van der Waals surface area contributed by atoms with Crippen molar-refractivity contribution in [2.45, 2.75) is 20.0 Å². The molecule has 0 radical (unpaired) electrons. The van der Waals surface area contributed by atoms with Crippen LogP contribution in [-0.2, 0) is 4.79 Å². The van der Waals surface area contributed by atoms with Gasteiger partial charge in [0, 0.05) is 17.3 Å². The number of nitrogens with one attached hydrogen (secondary N) is 1. The van der Waals surface area contributed by atoms with E-state index in [0.29, 0.717) is 27.5 Å². The lowest BCUT2D eigenvalue weighted by atomic mass is 10.3. The summed E-state index contributed by atoms with van der Waals surface area (Å²) in [6.45, 7) is 4.21. The molecule has 0 aliphatic rings. The number of ether oxygens (including phenoxy) is 1. The summed E-state index contributed by atoms with van der Waals surface area (Å²) in [6.07, 6.45) is -0.772. The average Bonchev–Trinajstić information content (AvgIpc) is 2.58. The van der Waals surface area contributed by atoms with E-state index in [1.165, 1.54) is 0 Å². The number of halogens is 2. The zero-order valence-corrected chi connectivity index (χ0v) is 16.2. The van der Waals surface area contributed by atoms with E-state index >= 15 is 0 Å². The fourth-order valence-corrected chi connectivity index (χ4v) is 2.93. The lowest BCUT2D eigenvalue weighted by molar-refractivity contribution is -0.125. The molecule has 1 atom stereocenters. The summed E-state index contributed by atoms with van der Waals surface area (Å²) in [5.41, 5.74) is 0.907. The summed E-state index contributed by atoms with van der Waals surface area (Å²) >= 11 is 17.3. The molecule has 132 valence electrons. The van der Waals surface area contributed by atoms with Crippen molar-refractivity contribution in [3.8, 4) is 5.75 Å². The Kier molecular flexibility index (Phi) is 7.05. The molecule has 7 heteroatoms. The van der Waals surface area contributed by atoms with Crippen LogP contribution in [0.15, 0.2) is 48.5 Å². The Morgan fingerprint density at radius 2 is 1.92 bits per heavy atom. The molecule has 0 fully saturated rings. The van der Waals surface area contributed by atoms with E-state index in [0.717, 1.165) is 5.69 Å². The molecule has 0 aromatic heterocycles. The smallest absolute Gasteiger partial charge is 0.266 e. The predicted octanol–water partition coefficient (Wildman–Crippen LogP) is 4.69. The van der Waals surface area contributed by atoms with Gasteiger partial charge in [-0.25, -0.2) is 0 Å². The normalized spacial score (nSPS) is 11.5. The van der Waals surface area contributed by atoms with Gasteiger partial charge in [0.25, 0.3) is 5.91 Å². The molecule has 1 amide bonds. The van der Waals surface area contributed by atoms with Crippen molar-refractivity contribution in [1.29, 1.82) is 0 Å². The van der Waals surface area contributed by atoms with Crippen molar-refractivity contribution in [2.75, 3.05) is 11.4 Å². The lowest BCUT2D eigenvalue weighted by Crippen LogP contribution is -2.47. The van der Waals surface area contributed by atoms with Crippen LogP contribution in [0, 0.1) is 0 Å². The molecule has 2 aromatic rings. The molecule has 0 saturated heterocycles. The predicted molar refractivity (Wildman–Crippen MR) is 107 cm³/mol. The fraction of sp³-hybridized carbons (Fsp3) is 0.222. The van der Waals surface area contributed by atoms with Crippen LogP contribution in [0.3, 0.4) is 0 Å². The van der Waals surface area contributed by atoms with E-state index in [1.54, 1.807) is 25.1 Å². The minimum absolute atomic E-state index is 0.316. The second-order valence-electron chi connectivity index (χ2n) is 5.21. The Labute approximate surface area is 162 Å². The van der Waals surface area contributed by atoms with Crippen LogP contribution < -0.4 is 15.0 Å². The van der Waals surface area contributed by atoms with Crippen molar-refractivity contribution in [2.24, 2.45) is 0 Å². The van der Waals surface area contributed by atoms with Crippen LogP contribution in [-0.4, -0.2) is 23.7 Å². The molecule has 0 spiro atoms. The highest BCUT2D eigenvalue weighted by Crippen LogP contribution is 2.28. The van der Waals surface area contributed by atoms with Crippen LogP contribution >= 0.6 is 35.4 Å². The minimum atomic E-state index is -0.772. The van der Waals surface area contributed by atoms with Crippen LogP contribution in [0.25, 0.3) is 0 Å². The number of nitrogens with zero attached hydrogens (tertiary/aromatic N) is 1. The summed E-state index contributed by atoms with van der Waals surface area (Å²) in [5.74, 6) is 0.0282. The number of para-hydroxylation sites is 1. The maximum atomic E-state index is 12.4. The molecular formula is C18H18Cl2N2O2S. The van der Waals surface area contributed by atoms with Gasteiger partial charge in [0.15, 0.2) is 11.2 Å². The number of amides is 1. The summed E-state index contributed by atoms with van der Waals surface area (Å²) in [4.78, 5) is 14.2. The van der Waals surface area contributed by atoms with Gasteiger partial charge in [-0.1, -0.05) is 41.4 Å². The number of carbonyl (C=O) groups excluding carboxylic acids is 1. The highest BCUT2D eigenvalue weighted by Gasteiger charge is 2.20. The van der Waals surface area contributed by atoms with Gasteiger partial charge < -0.3 is 9.64 Å². The SMILES string of the molecule is CCN(C(=S)NC(=O)C(C)Oc1ccc(Cl)cc1Cl)c1ccccc1. The number of benzene rings is 2. The van der Waals surface area contributed by atoms with Crippen molar-refractivity contribution in [1.82, 2.24) is 5.32 Å². The second-order valence-corrected chi connectivity index (χ2v) is 6.44. The molecule has 0 heterocycles. The van der Waals surface area contributed by atoms with Gasteiger partial charge in [-0.2, -0.15) is 0 Å². The molecule has 1 N–H and O–H groups in total. The van der Waals surface area contributed by atoms with E-state index in [1.807, 2.05) is 42.2 Å². The molecule has 2 rings (SSSR count). The lowest BCUT2D eigenvalue weighted by Gasteiger charge is -2.25. The molecule has 2 aromatic carbocycles. The van der Waals surface area contributed by atoms with E-state index in [-0.39, 0.29) is 5.91 Å². The zero-order chi connectivity index (χ0) is 18.4. The van der Waals surface area contributed by atoms with Gasteiger partial charge in [0.2, 0.25) is 0 Å². The van der Waals surface area contributed by atoms with Gasteiger partial charge in [0.05, 0.1) is 5.02 Å². The largest absolute Gasteiger partial charge is 0.479 e. The molecule has 0 saturated carbocycles. The topological polar surface area (TPSA) is 41.6 Å². The quantitative estimate of drug-likeness (QED) is 0.744. The molecule has 4 nitrogen and oxygen atoms in total. The monoisotopic (exact) mass is 396 g/mol. The molecule has 0 aliphatic heterocycles. The van der Waals surface area contributed by atoms with Gasteiger partial charge in [-0.05, 0) is 56.4 Å². The van der Waals surface area contributed by atoms with Crippen LogP contribution in [0.1, 0.15) is 13.8 Å². The average molecular weight is 397 g/mol. The van der Waals surface area contributed by atoms with Crippen molar-refractivity contribution < 1.29 is 9.53 Å². The molecule has 1 unspecified atom stereocenters. The minimum Gasteiger partial charge on any atom is -0.479 e. The third-order valence-corrected chi connectivity index (χ3v) is 4.28. The second kappa shape index (κ2) is 9.04. The number of thiocarbonyl (C=S) groups is 1.